The third-order valence-corrected chi connectivity index (χ3v) is 4.76. The van der Waals surface area contributed by atoms with Crippen LogP contribution in [-0.4, -0.2) is 30.0 Å². The molecule has 1 N–H and O–H groups in total. The number of rotatable bonds is 8. The van der Waals surface area contributed by atoms with E-state index in [0.29, 0.717) is 17.2 Å². The van der Waals surface area contributed by atoms with E-state index < -0.39 is 23.4 Å². The number of ether oxygens (including phenoxy) is 2. The van der Waals surface area contributed by atoms with Crippen LogP contribution in [0.4, 0.5) is 11.4 Å². The standard InChI is InChI=1S/C22H26N2O6/c1-13(2)18-8-7-17(10-15(18)4)29-12-21(26)30-11-20(25)23-22-16(5)14(3)6-9-19(22)24(27)28/h6-10,13H,11-12H2,1-5H3,(H,23,25). The Bertz CT molecular complexity index is 968. The zero-order chi connectivity index (χ0) is 22.4. The molecule has 160 valence electrons. The van der Waals surface area contributed by atoms with Gasteiger partial charge in [0.15, 0.2) is 13.2 Å². The van der Waals surface area contributed by atoms with Gasteiger partial charge in [-0.15, -0.1) is 0 Å². The smallest absolute Gasteiger partial charge is 0.344 e. The van der Waals surface area contributed by atoms with E-state index in [1.165, 1.54) is 11.6 Å². The second kappa shape index (κ2) is 9.87. The van der Waals surface area contributed by atoms with Crippen LogP contribution in [0.2, 0.25) is 0 Å². The van der Waals surface area contributed by atoms with E-state index in [9.17, 15) is 19.7 Å². The molecule has 2 rings (SSSR count). The average molecular weight is 414 g/mol. The molecule has 0 bridgehead atoms. The summed E-state index contributed by atoms with van der Waals surface area (Å²) < 4.78 is 10.3. The largest absolute Gasteiger partial charge is 0.482 e. The predicted molar refractivity (Wildman–Crippen MR) is 113 cm³/mol. The van der Waals surface area contributed by atoms with Gasteiger partial charge in [-0.3, -0.25) is 14.9 Å². The van der Waals surface area contributed by atoms with Gasteiger partial charge in [0.2, 0.25) is 0 Å². The van der Waals surface area contributed by atoms with Crippen molar-refractivity contribution in [1.29, 1.82) is 0 Å². The maximum Gasteiger partial charge on any atom is 0.344 e. The highest BCUT2D eigenvalue weighted by Crippen LogP contribution is 2.30. The van der Waals surface area contributed by atoms with Crippen LogP contribution in [-0.2, 0) is 14.3 Å². The van der Waals surface area contributed by atoms with Crippen LogP contribution in [0.25, 0.3) is 0 Å². The van der Waals surface area contributed by atoms with Crippen LogP contribution in [0.5, 0.6) is 5.75 Å². The van der Waals surface area contributed by atoms with Gasteiger partial charge < -0.3 is 14.8 Å². The van der Waals surface area contributed by atoms with Crippen molar-refractivity contribution < 1.29 is 24.0 Å². The van der Waals surface area contributed by atoms with E-state index in [0.717, 1.165) is 11.1 Å². The summed E-state index contributed by atoms with van der Waals surface area (Å²) in [4.78, 5) is 34.6. The molecule has 2 aromatic rings. The van der Waals surface area contributed by atoms with Crippen molar-refractivity contribution in [2.45, 2.75) is 40.5 Å². The molecule has 8 heteroatoms. The highest BCUT2D eigenvalue weighted by molar-refractivity contribution is 5.96. The summed E-state index contributed by atoms with van der Waals surface area (Å²) in [7, 11) is 0. The summed E-state index contributed by atoms with van der Waals surface area (Å²) in [6.45, 7) is 8.69. The molecule has 0 atom stereocenters. The minimum Gasteiger partial charge on any atom is -0.482 e. The number of aryl methyl sites for hydroxylation is 2. The van der Waals surface area contributed by atoms with E-state index in [1.54, 1.807) is 26.0 Å². The number of hydrogen-bond acceptors (Lipinski definition) is 6. The number of hydrogen-bond donors (Lipinski definition) is 1. The van der Waals surface area contributed by atoms with E-state index in [1.807, 2.05) is 19.1 Å². The fourth-order valence-electron chi connectivity index (χ4n) is 3.00. The van der Waals surface area contributed by atoms with Crippen molar-refractivity contribution in [3.05, 3.63) is 62.7 Å². The first-order valence-electron chi connectivity index (χ1n) is 9.53. The van der Waals surface area contributed by atoms with E-state index >= 15 is 0 Å². The number of nitro groups is 1. The number of esters is 1. The third kappa shape index (κ3) is 5.79. The maximum absolute atomic E-state index is 12.1. The Morgan fingerprint density at radius 2 is 1.77 bits per heavy atom. The summed E-state index contributed by atoms with van der Waals surface area (Å²) in [6.07, 6.45) is 0. The zero-order valence-electron chi connectivity index (χ0n) is 17.8. The summed E-state index contributed by atoms with van der Waals surface area (Å²) >= 11 is 0. The Labute approximate surface area is 175 Å². The van der Waals surface area contributed by atoms with Gasteiger partial charge in [-0.05, 0) is 61.1 Å². The average Bonchev–Trinajstić information content (AvgIpc) is 2.67. The van der Waals surface area contributed by atoms with Gasteiger partial charge in [0.1, 0.15) is 11.4 Å². The molecule has 0 spiro atoms. The molecule has 0 aliphatic heterocycles. The lowest BCUT2D eigenvalue weighted by Gasteiger charge is -2.13. The minimum atomic E-state index is -0.716. The van der Waals surface area contributed by atoms with Gasteiger partial charge in [0.05, 0.1) is 4.92 Å². The molecule has 0 aliphatic rings. The normalized spacial score (nSPS) is 10.6. The minimum absolute atomic E-state index is 0.0954. The summed E-state index contributed by atoms with van der Waals surface area (Å²) in [5.74, 6) is -0.469. The molecule has 0 aliphatic carbocycles. The molecule has 0 unspecified atom stereocenters. The maximum atomic E-state index is 12.1. The van der Waals surface area contributed by atoms with Gasteiger partial charge in [0.25, 0.3) is 11.6 Å². The fourth-order valence-corrected chi connectivity index (χ4v) is 3.00. The van der Waals surface area contributed by atoms with Crippen molar-refractivity contribution in [2.75, 3.05) is 18.5 Å². The Kier molecular flexibility index (Phi) is 7.52. The van der Waals surface area contributed by atoms with E-state index in [4.69, 9.17) is 9.47 Å². The van der Waals surface area contributed by atoms with Gasteiger partial charge in [-0.1, -0.05) is 26.0 Å². The predicted octanol–water partition coefficient (Wildman–Crippen LogP) is 4.20. The monoisotopic (exact) mass is 414 g/mol. The number of amides is 1. The quantitative estimate of drug-likeness (QED) is 0.394. The topological polar surface area (TPSA) is 108 Å². The molecule has 1 amide bonds. The third-order valence-electron chi connectivity index (χ3n) is 4.76. The van der Waals surface area contributed by atoms with Crippen molar-refractivity contribution in [3.63, 3.8) is 0 Å². The highest BCUT2D eigenvalue weighted by atomic mass is 16.6. The second-order valence-corrected chi connectivity index (χ2v) is 7.33. The summed E-state index contributed by atoms with van der Waals surface area (Å²) in [6, 6.07) is 8.50. The van der Waals surface area contributed by atoms with Crippen LogP contribution in [0.1, 0.15) is 42.0 Å². The highest BCUT2D eigenvalue weighted by Gasteiger charge is 2.20. The zero-order valence-corrected chi connectivity index (χ0v) is 17.8. The molecule has 0 fully saturated rings. The van der Waals surface area contributed by atoms with Crippen LogP contribution in [0, 0.1) is 30.9 Å². The Hall–Kier alpha value is -3.42. The van der Waals surface area contributed by atoms with Crippen LogP contribution in [0.3, 0.4) is 0 Å². The SMILES string of the molecule is Cc1cc(OCC(=O)OCC(=O)Nc2c([N+](=O)[O-])ccc(C)c2C)ccc1C(C)C. The summed E-state index contributed by atoms with van der Waals surface area (Å²) in [5, 5.41) is 13.6. The second-order valence-electron chi connectivity index (χ2n) is 7.33. The van der Waals surface area contributed by atoms with Gasteiger partial charge >= 0.3 is 5.97 Å². The molecule has 30 heavy (non-hydrogen) atoms. The lowest BCUT2D eigenvalue weighted by Crippen LogP contribution is -2.24. The number of carbonyl (C=O) groups excluding carboxylic acids is 2. The molecule has 0 saturated carbocycles. The summed E-state index contributed by atoms with van der Waals surface area (Å²) in [5.41, 5.74) is 3.50. The first-order valence-corrected chi connectivity index (χ1v) is 9.53. The van der Waals surface area contributed by atoms with Gasteiger partial charge in [-0.2, -0.15) is 0 Å². The lowest BCUT2D eigenvalue weighted by atomic mass is 9.98. The van der Waals surface area contributed by atoms with E-state index in [2.05, 4.69) is 19.2 Å². The first kappa shape index (κ1) is 22.9. The Morgan fingerprint density at radius 1 is 1.07 bits per heavy atom. The number of carbonyl (C=O) groups is 2. The number of nitrogens with zero attached hydrogens (tertiary/aromatic N) is 1. The van der Waals surface area contributed by atoms with Crippen molar-refractivity contribution in [1.82, 2.24) is 0 Å². The fraction of sp³-hybridized carbons (Fsp3) is 0.364. The Morgan fingerprint density at radius 3 is 2.37 bits per heavy atom. The molecule has 2 aromatic carbocycles. The van der Waals surface area contributed by atoms with Crippen LogP contribution in [0.15, 0.2) is 30.3 Å². The molecular formula is C22H26N2O6. The number of benzene rings is 2. The van der Waals surface area contributed by atoms with Crippen LogP contribution < -0.4 is 10.1 Å². The molecular weight excluding hydrogens is 388 g/mol. The molecule has 0 aromatic heterocycles. The molecule has 8 nitrogen and oxygen atoms in total. The first-order chi connectivity index (χ1) is 14.1. The Balaban J connectivity index is 1.90. The molecule has 0 saturated heterocycles. The van der Waals surface area contributed by atoms with Gasteiger partial charge in [-0.25, -0.2) is 4.79 Å². The van der Waals surface area contributed by atoms with E-state index in [-0.39, 0.29) is 18.0 Å². The molecule has 0 radical (unpaired) electrons. The molecule has 0 heterocycles. The lowest BCUT2D eigenvalue weighted by molar-refractivity contribution is -0.384. The number of anilines is 1. The number of nitro benzene ring substituents is 1. The number of nitrogens with one attached hydrogen (secondary N) is 1. The van der Waals surface area contributed by atoms with Gasteiger partial charge in [0, 0.05) is 6.07 Å². The van der Waals surface area contributed by atoms with Crippen molar-refractivity contribution >= 4 is 23.3 Å². The van der Waals surface area contributed by atoms with Crippen molar-refractivity contribution in [2.24, 2.45) is 0 Å². The van der Waals surface area contributed by atoms with Crippen molar-refractivity contribution in [3.8, 4) is 5.75 Å². The van der Waals surface area contributed by atoms with Crippen LogP contribution >= 0.6 is 0 Å².